The van der Waals surface area contributed by atoms with Crippen molar-refractivity contribution in [2.24, 2.45) is 4.99 Å². The summed E-state index contributed by atoms with van der Waals surface area (Å²) in [7, 11) is -3.79. The SMILES string of the molecule is O=S(=O)(c1ccccc1)N1C=C(Cl)C2=C(N3CCC(NC4OC4C4=CC=CC=CC4)CC3)NC=NC21. The van der Waals surface area contributed by atoms with E-state index in [4.69, 9.17) is 16.3 Å². The van der Waals surface area contributed by atoms with Gasteiger partial charge in [-0.15, -0.1) is 0 Å². The molecule has 5 aliphatic rings. The van der Waals surface area contributed by atoms with Gasteiger partial charge < -0.3 is 15.0 Å². The van der Waals surface area contributed by atoms with Crippen LogP contribution in [0.15, 0.2) is 98.8 Å². The minimum absolute atomic E-state index is 0.0722. The zero-order chi connectivity index (χ0) is 24.7. The quantitative estimate of drug-likeness (QED) is 0.555. The van der Waals surface area contributed by atoms with Crippen LogP contribution in [0.25, 0.3) is 0 Å². The number of hydrogen-bond donors (Lipinski definition) is 2. The van der Waals surface area contributed by atoms with Crippen LogP contribution in [0.3, 0.4) is 0 Å². The van der Waals surface area contributed by atoms with Gasteiger partial charge in [-0.1, -0.05) is 60.2 Å². The Morgan fingerprint density at radius 1 is 1.11 bits per heavy atom. The molecule has 0 bridgehead atoms. The van der Waals surface area contributed by atoms with Crippen molar-refractivity contribution < 1.29 is 13.2 Å². The lowest BCUT2D eigenvalue weighted by atomic mass is 10.0. The van der Waals surface area contributed by atoms with Crippen molar-refractivity contribution >= 4 is 28.0 Å². The lowest BCUT2D eigenvalue weighted by Gasteiger charge is -2.38. The van der Waals surface area contributed by atoms with Crippen LogP contribution in [0.4, 0.5) is 0 Å². The van der Waals surface area contributed by atoms with E-state index in [1.165, 1.54) is 16.1 Å². The fourth-order valence-corrected chi connectivity index (χ4v) is 6.89. The van der Waals surface area contributed by atoms with Crippen LogP contribution in [0.5, 0.6) is 0 Å². The molecule has 2 fully saturated rings. The van der Waals surface area contributed by atoms with E-state index in [0.717, 1.165) is 38.2 Å². The first-order chi connectivity index (χ1) is 17.5. The molecule has 4 aliphatic heterocycles. The van der Waals surface area contributed by atoms with Crippen molar-refractivity contribution in [3.8, 4) is 0 Å². The fraction of sp³-hybridized carbons (Fsp3) is 0.346. The number of benzene rings is 1. The van der Waals surface area contributed by atoms with Gasteiger partial charge in [-0.05, 0) is 37.0 Å². The molecule has 0 radical (unpaired) electrons. The van der Waals surface area contributed by atoms with Crippen molar-refractivity contribution in [2.75, 3.05) is 13.1 Å². The molecule has 0 saturated carbocycles. The van der Waals surface area contributed by atoms with Gasteiger partial charge in [0.15, 0.2) is 6.17 Å². The number of piperidine rings is 1. The maximum Gasteiger partial charge on any atom is 0.265 e. The number of aliphatic imine (C=N–C) groups is 1. The fourth-order valence-electron chi connectivity index (χ4n) is 5.13. The average molecular weight is 526 g/mol. The zero-order valence-electron chi connectivity index (χ0n) is 19.6. The Kier molecular flexibility index (Phi) is 6.25. The minimum atomic E-state index is -3.79. The summed E-state index contributed by atoms with van der Waals surface area (Å²) in [6, 6.07) is 8.71. The Labute approximate surface area is 216 Å². The second kappa shape index (κ2) is 9.55. The molecule has 2 N–H and O–H groups in total. The molecule has 4 heterocycles. The smallest absolute Gasteiger partial charge is 0.265 e. The highest BCUT2D eigenvalue weighted by Gasteiger charge is 2.44. The van der Waals surface area contributed by atoms with Gasteiger partial charge in [0, 0.05) is 25.3 Å². The number of sulfonamides is 1. The van der Waals surface area contributed by atoms with Gasteiger partial charge in [-0.3, -0.25) is 5.32 Å². The molecule has 8 nitrogen and oxygen atoms in total. The maximum absolute atomic E-state index is 13.3. The van der Waals surface area contributed by atoms with Gasteiger partial charge in [-0.2, -0.15) is 0 Å². The Balaban J connectivity index is 1.11. The summed E-state index contributed by atoms with van der Waals surface area (Å²) in [5.74, 6) is 0.822. The molecule has 36 heavy (non-hydrogen) atoms. The predicted molar refractivity (Wildman–Crippen MR) is 139 cm³/mol. The number of epoxide rings is 1. The summed E-state index contributed by atoms with van der Waals surface area (Å²) in [6.07, 6.45) is 15.8. The number of nitrogens with one attached hydrogen (secondary N) is 2. The molecule has 0 spiro atoms. The Hall–Kier alpha value is -2.85. The van der Waals surface area contributed by atoms with Gasteiger partial charge in [0.2, 0.25) is 0 Å². The largest absolute Gasteiger partial charge is 0.358 e. The first-order valence-electron chi connectivity index (χ1n) is 12.2. The molecular weight excluding hydrogens is 498 g/mol. The minimum Gasteiger partial charge on any atom is -0.358 e. The van der Waals surface area contributed by atoms with Crippen molar-refractivity contribution in [1.29, 1.82) is 0 Å². The predicted octanol–water partition coefficient (Wildman–Crippen LogP) is 3.16. The molecule has 3 unspecified atom stereocenters. The molecule has 1 aliphatic carbocycles. The maximum atomic E-state index is 13.3. The lowest BCUT2D eigenvalue weighted by molar-refractivity contribution is 0.215. The highest BCUT2D eigenvalue weighted by Crippen LogP contribution is 2.39. The van der Waals surface area contributed by atoms with Gasteiger partial charge >= 0.3 is 0 Å². The van der Waals surface area contributed by atoms with Crippen LogP contribution in [-0.4, -0.2) is 61.6 Å². The van der Waals surface area contributed by atoms with E-state index >= 15 is 0 Å². The van der Waals surface area contributed by atoms with Gasteiger partial charge in [-0.25, -0.2) is 17.7 Å². The molecule has 10 heteroatoms. The zero-order valence-corrected chi connectivity index (χ0v) is 21.2. The molecule has 188 valence electrons. The molecule has 2 saturated heterocycles. The second-order valence-corrected chi connectivity index (χ2v) is 11.6. The third kappa shape index (κ3) is 4.41. The third-order valence-corrected chi connectivity index (χ3v) is 9.11. The molecule has 0 aromatic heterocycles. The Bertz CT molecular complexity index is 1310. The summed E-state index contributed by atoms with van der Waals surface area (Å²) in [6.45, 7) is 1.62. The normalized spacial score (nSPS) is 28.0. The average Bonchev–Trinajstić information content (AvgIpc) is 3.64. The van der Waals surface area contributed by atoms with Crippen LogP contribution in [-0.2, 0) is 14.8 Å². The van der Waals surface area contributed by atoms with E-state index in [0.29, 0.717) is 16.6 Å². The van der Waals surface area contributed by atoms with Crippen LogP contribution in [0.1, 0.15) is 19.3 Å². The first-order valence-corrected chi connectivity index (χ1v) is 14.0. The van der Waals surface area contributed by atoms with Crippen LogP contribution in [0, 0.1) is 0 Å². The number of likely N-dealkylation sites (tertiary alicyclic amines) is 1. The summed E-state index contributed by atoms with van der Waals surface area (Å²) >= 11 is 6.61. The Morgan fingerprint density at radius 2 is 1.92 bits per heavy atom. The number of allylic oxidation sites excluding steroid dienone is 5. The van der Waals surface area contributed by atoms with Crippen LogP contribution < -0.4 is 10.6 Å². The molecule has 3 atom stereocenters. The van der Waals surface area contributed by atoms with E-state index in [1.807, 2.05) is 6.08 Å². The summed E-state index contributed by atoms with van der Waals surface area (Å²) in [5, 5.41) is 7.27. The van der Waals surface area contributed by atoms with E-state index < -0.39 is 16.2 Å². The highest BCUT2D eigenvalue weighted by molar-refractivity contribution is 7.89. The van der Waals surface area contributed by atoms with Crippen LogP contribution >= 0.6 is 11.6 Å². The summed E-state index contributed by atoms with van der Waals surface area (Å²) in [4.78, 5) is 6.87. The molecule has 0 amide bonds. The van der Waals surface area contributed by atoms with Gasteiger partial charge in [0.1, 0.15) is 18.2 Å². The Morgan fingerprint density at radius 3 is 2.72 bits per heavy atom. The van der Waals surface area contributed by atoms with Crippen molar-refractivity contribution in [2.45, 2.75) is 48.7 Å². The van der Waals surface area contributed by atoms with Crippen LogP contribution in [0.2, 0.25) is 0 Å². The molecular formula is C26H28ClN5O3S. The van der Waals surface area contributed by atoms with E-state index in [1.54, 1.807) is 36.7 Å². The lowest BCUT2D eigenvalue weighted by Crippen LogP contribution is -2.47. The number of rotatable bonds is 6. The highest BCUT2D eigenvalue weighted by atomic mass is 35.5. The molecule has 1 aromatic carbocycles. The summed E-state index contributed by atoms with van der Waals surface area (Å²) < 4.78 is 33.8. The van der Waals surface area contributed by atoms with E-state index in [-0.39, 0.29) is 17.2 Å². The van der Waals surface area contributed by atoms with Crippen molar-refractivity contribution in [3.63, 3.8) is 0 Å². The van der Waals surface area contributed by atoms with Gasteiger partial charge in [0.25, 0.3) is 10.0 Å². The monoisotopic (exact) mass is 525 g/mol. The number of fused-ring (bicyclic) bond motifs is 1. The van der Waals surface area contributed by atoms with E-state index in [9.17, 15) is 8.42 Å². The van der Waals surface area contributed by atoms with Gasteiger partial charge in [0.05, 0.1) is 21.8 Å². The number of hydrogen-bond acceptors (Lipinski definition) is 7. The second-order valence-electron chi connectivity index (χ2n) is 9.35. The number of halogens is 1. The first kappa shape index (κ1) is 23.5. The third-order valence-electron chi connectivity index (χ3n) is 7.08. The number of ether oxygens (including phenoxy) is 1. The topological polar surface area (TPSA) is 89.6 Å². The van der Waals surface area contributed by atoms with Crippen molar-refractivity contribution in [3.05, 3.63) is 88.9 Å². The molecule has 1 aromatic rings. The molecule has 6 rings (SSSR count). The van der Waals surface area contributed by atoms with E-state index in [2.05, 4.69) is 44.8 Å². The number of nitrogens with zero attached hydrogens (tertiary/aromatic N) is 3. The standard InChI is InChI=1S/C26H28ClN5O3S/c27-21-16-32(36(33,34)20-10-6-3-7-11-20)25-22(21)24(28-17-29-25)31-14-12-19(13-15-31)30-26-23(35-26)18-8-4-1-2-5-9-18/h1-8,10-11,16-17,19,23,25-26,30H,9,12-15H2,(H,28,29). The van der Waals surface area contributed by atoms with Crippen molar-refractivity contribution in [1.82, 2.24) is 19.8 Å². The summed E-state index contributed by atoms with van der Waals surface area (Å²) in [5.41, 5.74) is 1.99.